The Hall–Kier alpha value is -4.41. The lowest BCUT2D eigenvalue weighted by molar-refractivity contribution is 0.0735. The first kappa shape index (κ1) is 22.4. The first-order valence-corrected chi connectivity index (χ1v) is 11.2. The number of rotatable bonds is 6. The molecule has 4 aromatic rings. The highest BCUT2D eigenvalue weighted by Gasteiger charge is 2.26. The highest BCUT2D eigenvalue weighted by Crippen LogP contribution is 2.33. The van der Waals surface area contributed by atoms with Crippen LogP contribution in [-0.4, -0.2) is 80.5 Å². The fourth-order valence-electron chi connectivity index (χ4n) is 4.16. The number of aryl methyl sites for hydroxylation is 1. The molecule has 0 atom stereocenters. The fourth-order valence-corrected chi connectivity index (χ4v) is 4.16. The molecule has 4 heterocycles. The third-order valence-corrected chi connectivity index (χ3v) is 6.08. The van der Waals surface area contributed by atoms with Crippen LogP contribution in [0.4, 0.5) is 5.82 Å². The van der Waals surface area contributed by atoms with E-state index in [0.717, 1.165) is 17.2 Å². The van der Waals surface area contributed by atoms with E-state index in [1.807, 2.05) is 39.9 Å². The second-order valence-corrected chi connectivity index (χ2v) is 8.09. The third kappa shape index (κ3) is 4.39. The van der Waals surface area contributed by atoms with Gasteiger partial charge in [0.1, 0.15) is 41.5 Å². The number of amides is 1. The summed E-state index contributed by atoms with van der Waals surface area (Å²) in [7, 11) is 4.99. The van der Waals surface area contributed by atoms with Crippen LogP contribution < -0.4 is 14.4 Å². The molecular formula is C24H26N8O3. The molecule has 1 amide bonds. The maximum Gasteiger partial charge on any atom is 0.272 e. The molecular weight excluding hydrogens is 448 g/mol. The van der Waals surface area contributed by atoms with Gasteiger partial charge in [0, 0.05) is 57.3 Å². The van der Waals surface area contributed by atoms with Crippen LogP contribution in [0.15, 0.2) is 55.4 Å². The smallest absolute Gasteiger partial charge is 0.272 e. The highest BCUT2D eigenvalue weighted by atomic mass is 16.5. The number of anilines is 1. The Morgan fingerprint density at radius 2 is 1.77 bits per heavy atom. The minimum Gasteiger partial charge on any atom is -0.497 e. The zero-order chi connectivity index (χ0) is 24.4. The van der Waals surface area contributed by atoms with Crippen LogP contribution in [-0.2, 0) is 7.05 Å². The summed E-state index contributed by atoms with van der Waals surface area (Å²) >= 11 is 0. The number of piperazine rings is 1. The Bertz CT molecular complexity index is 1330. The summed E-state index contributed by atoms with van der Waals surface area (Å²) in [6.45, 7) is 2.49. The molecule has 0 saturated carbocycles. The number of hydrogen-bond acceptors (Lipinski definition) is 8. The topological polar surface area (TPSA) is 103 Å². The van der Waals surface area contributed by atoms with Crippen molar-refractivity contribution in [3.05, 3.63) is 61.1 Å². The van der Waals surface area contributed by atoms with Gasteiger partial charge in [0.05, 0.1) is 19.9 Å². The summed E-state index contributed by atoms with van der Waals surface area (Å²) < 4.78 is 14.3. The quantitative estimate of drug-likeness (QED) is 0.418. The molecule has 1 aliphatic heterocycles. The van der Waals surface area contributed by atoms with Gasteiger partial charge in [0.2, 0.25) is 0 Å². The van der Waals surface area contributed by atoms with Crippen molar-refractivity contribution in [1.82, 2.24) is 34.2 Å². The lowest BCUT2D eigenvalue weighted by atomic mass is 10.1. The van der Waals surface area contributed by atoms with Gasteiger partial charge in [-0.25, -0.2) is 15.0 Å². The highest BCUT2D eigenvalue weighted by molar-refractivity contribution is 5.94. The Balaban J connectivity index is 1.30. The van der Waals surface area contributed by atoms with Crippen LogP contribution in [0, 0.1) is 0 Å². The van der Waals surface area contributed by atoms with E-state index in [1.165, 1.54) is 0 Å². The lowest BCUT2D eigenvalue weighted by Gasteiger charge is -2.35. The summed E-state index contributed by atoms with van der Waals surface area (Å²) in [6.07, 6.45) is 6.80. The van der Waals surface area contributed by atoms with Crippen molar-refractivity contribution in [1.29, 1.82) is 0 Å². The van der Waals surface area contributed by atoms with E-state index in [-0.39, 0.29) is 5.91 Å². The predicted molar refractivity (Wildman–Crippen MR) is 129 cm³/mol. The van der Waals surface area contributed by atoms with Crippen LogP contribution in [0.1, 0.15) is 10.5 Å². The molecule has 1 saturated heterocycles. The molecule has 0 N–H and O–H groups in total. The number of aromatic nitrogens is 6. The predicted octanol–water partition coefficient (Wildman–Crippen LogP) is 2.04. The monoisotopic (exact) mass is 474 g/mol. The Kier molecular flexibility index (Phi) is 6.04. The largest absolute Gasteiger partial charge is 0.497 e. The van der Waals surface area contributed by atoms with E-state index in [4.69, 9.17) is 9.47 Å². The number of carbonyl (C=O) groups is 1. The fraction of sp³-hybridized carbons (Fsp3) is 0.292. The van der Waals surface area contributed by atoms with E-state index in [9.17, 15) is 4.79 Å². The minimum absolute atomic E-state index is 0.0606. The average molecular weight is 475 g/mol. The molecule has 1 aliphatic rings. The van der Waals surface area contributed by atoms with Gasteiger partial charge in [-0.05, 0) is 24.3 Å². The van der Waals surface area contributed by atoms with Gasteiger partial charge in [0.25, 0.3) is 5.91 Å². The summed E-state index contributed by atoms with van der Waals surface area (Å²) in [5.41, 5.74) is 1.93. The molecule has 35 heavy (non-hydrogen) atoms. The van der Waals surface area contributed by atoms with Gasteiger partial charge in [-0.3, -0.25) is 14.0 Å². The van der Waals surface area contributed by atoms with Gasteiger partial charge in [-0.15, -0.1) is 0 Å². The van der Waals surface area contributed by atoms with Gasteiger partial charge < -0.3 is 19.3 Å². The van der Waals surface area contributed by atoms with Crippen molar-refractivity contribution in [2.75, 3.05) is 45.3 Å². The number of methoxy groups -OCH3 is 2. The van der Waals surface area contributed by atoms with E-state index in [2.05, 4.69) is 25.0 Å². The molecule has 180 valence electrons. The normalized spacial score (nSPS) is 13.7. The molecule has 0 unspecified atom stereocenters. The van der Waals surface area contributed by atoms with Gasteiger partial charge in [-0.1, -0.05) is 0 Å². The first-order valence-electron chi connectivity index (χ1n) is 11.2. The van der Waals surface area contributed by atoms with Crippen LogP contribution in [0.2, 0.25) is 0 Å². The molecule has 0 aliphatic carbocycles. The van der Waals surface area contributed by atoms with Crippen LogP contribution in [0.25, 0.3) is 17.1 Å². The van der Waals surface area contributed by atoms with Gasteiger partial charge in [0.15, 0.2) is 0 Å². The van der Waals surface area contributed by atoms with E-state index < -0.39 is 0 Å². The number of ether oxygens (including phenoxy) is 2. The number of hydrogen-bond donors (Lipinski definition) is 0. The molecule has 11 heteroatoms. The van der Waals surface area contributed by atoms with Crippen LogP contribution in [0.5, 0.6) is 11.5 Å². The van der Waals surface area contributed by atoms with Crippen LogP contribution in [0.3, 0.4) is 0 Å². The standard InChI is InChI=1S/C24H26N8O3/c1-29-20(13-19(28-29)18-12-17(34-2)4-5-21(18)35-3)24(33)31-10-8-30(9-11-31)22-14-23(27-15-26-22)32-7-6-25-16-32/h4-7,12-16H,8-11H2,1-3H3. The van der Waals surface area contributed by atoms with Gasteiger partial charge in [-0.2, -0.15) is 5.10 Å². The SMILES string of the molecule is COc1ccc(OC)c(-c2cc(C(=O)N3CCN(c4cc(-n5ccnc5)ncn4)CC3)n(C)n2)c1. The molecule has 1 aromatic carbocycles. The zero-order valence-corrected chi connectivity index (χ0v) is 19.8. The minimum atomic E-state index is -0.0606. The van der Waals surface area contributed by atoms with Crippen molar-refractivity contribution < 1.29 is 14.3 Å². The van der Waals surface area contributed by atoms with Crippen molar-refractivity contribution >= 4 is 11.7 Å². The third-order valence-electron chi connectivity index (χ3n) is 6.08. The number of carbonyl (C=O) groups excluding carboxylic acids is 1. The van der Waals surface area contributed by atoms with Crippen LogP contribution >= 0.6 is 0 Å². The summed E-state index contributed by atoms with van der Waals surface area (Å²) in [6, 6.07) is 9.23. The maximum atomic E-state index is 13.4. The molecule has 0 spiro atoms. The number of benzene rings is 1. The Morgan fingerprint density at radius 1 is 0.971 bits per heavy atom. The summed E-state index contributed by atoms with van der Waals surface area (Å²) in [5, 5.41) is 4.58. The van der Waals surface area contributed by atoms with Crippen molar-refractivity contribution in [3.8, 4) is 28.6 Å². The number of imidazole rings is 1. The average Bonchev–Trinajstić information content (AvgIpc) is 3.58. The molecule has 5 rings (SSSR count). The second-order valence-electron chi connectivity index (χ2n) is 8.09. The van der Waals surface area contributed by atoms with Crippen molar-refractivity contribution in [3.63, 3.8) is 0 Å². The Labute approximate surface area is 202 Å². The second kappa shape index (κ2) is 9.45. The molecule has 11 nitrogen and oxygen atoms in total. The maximum absolute atomic E-state index is 13.4. The molecule has 3 aromatic heterocycles. The van der Waals surface area contributed by atoms with Crippen molar-refractivity contribution in [2.45, 2.75) is 0 Å². The summed E-state index contributed by atoms with van der Waals surface area (Å²) in [4.78, 5) is 30.2. The first-order chi connectivity index (χ1) is 17.1. The van der Waals surface area contributed by atoms with E-state index >= 15 is 0 Å². The summed E-state index contributed by atoms with van der Waals surface area (Å²) in [5.74, 6) is 2.87. The van der Waals surface area contributed by atoms with Crippen molar-refractivity contribution in [2.24, 2.45) is 7.05 Å². The lowest BCUT2D eigenvalue weighted by Crippen LogP contribution is -2.49. The molecule has 1 fully saturated rings. The van der Waals surface area contributed by atoms with E-state index in [1.54, 1.807) is 50.9 Å². The van der Waals surface area contributed by atoms with Gasteiger partial charge >= 0.3 is 0 Å². The Morgan fingerprint density at radius 3 is 2.49 bits per heavy atom. The molecule has 0 bridgehead atoms. The molecule has 0 radical (unpaired) electrons. The van der Waals surface area contributed by atoms with E-state index in [0.29, 0.717) is 49.1 Å². The zero-order valence-electron chi connectivity index (χ0n) is 19.8. The number of nitrogens with zero attached hydrogens (tertiary/aromatic N) is 8.